The molecule has 3 unspecified atom stereocenters. The van der Waals surface area contributed by atoms with E-state index in [4.69, 9.17) is 9.84 Å². The van der Waals surface area contributed by atoms with Crippen LogP contribution in [0.3, 0.4) is 0 Å². The highest BCUT2D eigenvalue weighted by Crippen LogP contribution is 2.37. The summed E-state index contributed by atoms with van der Waals surface area (Å²) in [6.45, 7) is 5.60. The first-order valence-electron chi connectivity index (χ1n) is 13.0. The molecule has 1 fully saturated rings. The molecule has 0 N–H and O–H groups in total. The number of hydrogen-bond acceptors (Lipinski definition) is 6. The lowest BCUT2D eigenvalue weighted by atomic mass is 9.98. The van der Waals surface area contributed by atoms with Crippen LogP contribution >= 0.6 is 11.8 Å². The Balaban J connectivity index is 1.22. The number of hydrogen-bond donors (Lipinski definition) is 0. The maximum atomic E-state index is 12.7. The highest BCUT2D eigenvalue weighted by atomic mass is 32.2. The molecule has 0 aliphatic carbocycles. The van der Waals surface area contributed by atoms with Crippen LogP contribution in [0.15, 0.2) is 99.9 Å². The van der Waals surface area contributed by atoms with Crippen LogP contribution in [0.4, 0.5) is 5.69 Å². The number of thioether (sulfide) groups is 1. The van der Waals surface area contributed by atoms with Gasteiger partial charge in [-0.2, -0.15) is 10.1 Å². The van der Waals surface area contributed by atoms with E-state index in [2.05, 4.69) is 89.4 Å². The van der Waals surface area contributed by atoms with Crippen LogP contribution < -0.4 is 5.01 Å². The fourth-order valence-corrected chi connectivity index (χ4v) is 6.16. The van der Waals surface area contributed by atoms with Crippen molar-refractivity contribution in [1.29, 1.82) is 0 Å². The SMILES string of the molecule is CC1CN(C2=NC(=O)C(=Cc3ccc(N4N=C(c5ccccc5)CC4c4ccccc4)cc3)S2)CC(C)O1. The molecule has 38 heavy (non-hydrogen) atoms. The molecule has 3 atom stereocenters. The van der Waals surface area contributed by atoms with E-state index in [9.17, 15) is 4.79 Å². The third kappa shape index (κ3) is 5.17. The average Bonchev–Trinajstić information content (AvgIpc) is 3.54. The Labute approximate surface area is 227 Å². The Kier molecular flexibility index (Phi) is 6.87. The molecule has 6 nitrogen and oxygen atoms in total. The Hall–Kier alpha value is -3.68. The van der Waals surface area contributed by atoms with Crippen LogP contribution in [-0.4, -0.2) is 47.0 Å². The third-order valence-electron chi connectivity index (χ3n) is 6.96. The molecule has 3 heterocycles. The van der Waals surface area contributed by atoms with Crippen molar-refractivity contribution in [2.75, 3.05) is 18.1 Å². The van der Waals surface area contributed by atoms with Gasteiger partial charge in [-0.05, 0) is 60.5 Å². The summed E-state index contributed by atoms with van der Waals surface area (Å²) in [5.41, 5.74) is 5.44. The number of nitrogens with zero attached hydrogens (tertiary/aromatic N) is 4. The maximum absolute atomic E-state index is 12.7. The first-order valence-corrected chi connectivity index (χ1v) is 13.9. The number of aliphatic imine (C=N–C) groups is 1. The number of carbonyl (C=O) groups is 1. The molecule has 6 rings (SSSR count). The summed E-state index contributed by atoms with van der Waals surface area (Å²) < 4.78 is 5.83. The van der Waals surface area contributed by atoms with E-state index < -0.39 is 0 Å². The summed E-state index contributed by atoms with van der Waals surface area (Å²) in [4.78, 5) is 19.8. The molecule has 0 bridgehead atoms. The molecule has 0 spiro atoms. The van der Waals surface area contributed by atoms with Crippen molar-refractivity contribution < 1.29 is 9.53 Å². The quantitative estimate of drug-likeness (QED) is 0.386. The van der Waals surface area contributed by atoms with Crippen LogP contribution in [0.5, 0.6) is 0 Å². The predicted molar refractivity (Wildman–Crippen MR) is 155 cm³/mol. The van der Waals surface area contributed by atoms with Crippen molar-refractivity contribution in [1.82, 2.24) is 4.90 Å². The summed E-state index contributed by atoms with van der Waals surface area (Å²) in [6, 6.07) is 29.3. The Morgan fingerprint density at radius 3 is 2.24 bits per heavy atom. The molecule has 3 aromatic carbocycles. The molecule has 3 aliphatic rings. The van der Waals surface area contributed by atoms with Crippen LogP contribution in [0.2, 0.25) is 0 Å². The zero-order valence-corrected chi connectivity index (χ0v) is 22.3. The van der Waals surface area contributed by atoms with E-state index in [1.807, 2.05) is 30.3 Å². The highest BCUT2D eigenvalue weighted by Gasteiger charge is 2.32. The zero-order valence-electron chi connectivity index (χ0n) is 21.5. The molecule has 3 aromatic rings. The van der Waals surface area contributed by atoms with Crippen molar-refractivity contribution >= 4 is 40.3 Å². The molecule has 0 aromatic heterocycles. The number of ether oxygens (including phenoxy) is 1. The van der Waals surface area contributed by atoms with Gasteiger partial charge in [0.25, 0.3) is 5.91 Å². The van der Waals surface area contributed by atoms with Crippen LogP contribution in [0.1, 0.15) is 43.0 Å². The van der Waals surface area contributed by atoms with E-state index in [1.165, 1.54) is 17.3 Å². The molecular formula is C31H30N4O2S. The van der Waals surface area contributed by atoms with Gasteiger partial charge in [0, 0.05) is 19.5 Å². The largest absolute Gasteiger partial charge is 0.372 e. The number of anilines is 1. The van der Waals surface area contributed by atoms with E-state index in [0.29, 0.717) is 4.91 Å². The van der Waals surface area contributed by atoms with Crippen LogP contribution in [-0.2, 0) is 9.53 Å². The fraction of sp³-hybridized carbons (Fsp3) is 0.258. The summed E-state index contributed by atoms with van der Waals surface area (Å²) in [5, 5.41) is 7.93. The average molecular weight is 523 g/mol. The molecule has 0 saturated carbocycles. The van der Waals surface area contributed by atoms with Gasteiger partial charge in [-0.3, -0.25) is 9.80 Å². The normalized spacial score (nSPS) is 24.6. The minimum absolute atomic E-state index is 0.119. The number of benzene rings is 3. The summed E-state index contributed by atoms with van der Waals surface area (Å²) in [6.07, 6.45) is 3.00. The summed E-state index contributed by atoms with van der Waals surface area (Å²) in [7, 11) is 0. The maximum Gasteiger partial charge on any atom is 0.286 e. The van der Waals surface area contributed by atoms with Crippen molar-refractivity contribution in [3.8, 4) is 0 Å². The van der Waals surface area contributed by atoms with Crippen molar-refractivity contribution in [3.05, 3.63) is 107 Å². The van der Waals surface area contributed by atoms with E-state index >= 15 is 0 Å². The van der Waals surface area contributed by atoms with Gasteiger partial charge < -0.3 is 9.64 Å². The molecule has 1 saturated heterocycles. The Morgan fingerprint density at radius 2 is 1.55 bits per heavy atom. The summed E-state index contributed by atoms with van der Waals surface area (Å²) >= 11 is 1.45. The number of hydrazone groups is 1. The standard InChI is InChI=1S/C31H30N4O2S/c1-21-19-34(20-22(2)37-21)31-32-30(36)29(38-31)17-23-13-15-26(16-14-23)35-28(25-11-7-4-8-12-25)18-27(33-35)24-9-5-3-6-10-24/h3-17,21-22,28H,18-20H2,1-2H3. The van der Waals surface area contributed by atoms with Crippen molar-refractivity contribution in [2.24, 2.45) is 10.1 Å². The molecule has 1 amide bonds. The van der Waals surface area contributed by atoms with Gasteiger partial charge in [0.05, 0.1) is 34.6 Å². The smallest absolute Gasteiger partial charge is 0.286 e. The molecule has 3 aliphatic heterocycles. The lowest BCUT2D eigenvalue weighted by molar-refractivity contribution is -0.113. The van der Waals surface area contributed by atoms with Crippen LogP contribution in [0, 0.1) is 0 Å². The van der Waals surface area contributed by atoms with Crippen molar-refractivity contribution in [2.45, 2.75) is 38.5 Å². The van der Waals surface area contributed by atoms with Gasteiger partial charge >= 0.3 is 0 Å². The van der Waals surface area contributed by atoms with Crippen LogP contribution in [0.25, 0.3) is 6.08 Å². The topological polar surface area (TPSA) is 57.5 Å². The van der Waals surface area contributed by atoms with E-state index in [-0.39, 0.29) is 24.2 Å². The fourth-order valence-electron chi connectivity index (χ4n) is 5.23. The lowest BCUT2D eigenvalue weighted by Gasteiger charge is -2.35. The van der Waals surface area contributed by atoms with Gasteiger partial charge in [0.2, 0.25) is 0 Å². The predicted octanol–water partition coefficient (Wildman–Crippen LogP) is 6.12. The molecular weight excluding hydrogens is 492 g/mol. The number of rotatable bonds is 4. The van der Waals surface area contributed by atoms with Gasteiger partial charge in [-0.15, -0.1) is 0 Å². The minimum Gasteiger partial charge on any atom is -0.372 e. The zero-order chi connectivity index (χ0) is 26.1. The van der Waals surface area contributed by atoms with Gasteiger partial charge in [-0.25, -0.2) is 0 Å². The summed E-state index contributed by atoms with van der Waals surface area (Å²) in [5.74, 6) is -0.179. The molecule has 7 heteroatoms. The first kappa shape index (κ1) is 24.6. The number of amidine groups is 1. The molecule has 192 valence electrons. The minimum atomic E-state index is -0.179. The Morgan fingerprint density at radius 1 is 0.895 bits per heavy atom. The monoisotopic (exact) mass is 522 g/mol. The first-order chi connectivity index (χ1) is 18.5. The van der Waals surface area contributed by atoms with E-state index in [0.717, 1.165) is 47.2 Å². The lowest BCUT2D eigenvalue weighted by Crippen LogP contribution is -2.47. The number of amides is 1. The van der Waals surface area contributed by atoms with Gasteiger partial charge in [0.15, 0.2) is 5.17 Å². The highest BCUT2D eigenvalue weighted by molar-refractivity contribution is 8.18. The van der Waals surface area contributed by atoms with Gasteiger partial charge in [-0.1, -0.05) is 72.8 Å². The van der Waals surface area contributed by atoms with E-state index in [1.54, 1.807) is 0 Å². The third-order valence-corrected chi connectivity index (χ3v) is 8.00. The Bertz CT molecular complexity index is 1390. The van der Waals surface area contributed by atoms with Gasteiger partial charge in [0.1, 0.15) is 0 Å². The number of carbonyl (C=O) groups excluding carboxylic acids is 1. The number of morpholine rings is 1. The second-order valence-corrected chi connectivity index (χ2v) is 11.0. The second-order valence-electron chi connectivity index (χ2n) is 9.95. The van der Waals surface area contributed by atoms with Crippen molar-refractivity contribution in [3.63, 3.8) is 0 Å². The second kappa shape index (κ2) is 10.6. The molecule has 0 radical (unpaired) electrons.